The zero-order chi connectivity index (χ0) is 18.0. The molecule has 0 radical (unpaired) electrons. The Balaban J connectivity index is 5.59. The van der Waals surface area contributed by atoms with Crippen molar-refractivity contribution in [3.63, 3.8) is 0 Å². The highest BCUT2D eigenvalue weighted by Crippen LogP contribution is 2.56. The number of esters is 1. The van der Waals surface area contributed by atoms with Gasteiger partial charge >= 0.3 is 12.7 Å². The van der Waals surface area contributed by atoms with Gasteiger partial charge in [0.05, 0.1) is 7.11 Å². The summed E-state index contributed by atoms with van der Waals surface area (Å²) in [5, 5.41) is 0. The van der Waals surface area contributed by atoms with Crippen LogP contribution in [0.3, 0.4) is 0 Å². The van der Waals surface area contributed by atoms with Crippen LogP contribution in [0.2, 0.25) is 39.3 Å². The molecule has 0 heterocycles. The lowest BCUT2D eigenvalue weighted by Crippen LogP contribution is -2.39. The molecule has 0 bridgehead atoms. The fourth-order valence-electron chi connectivity index (χ4n) is 1.52. The highest BCUT2D eigenvalue weighted by Gasteiger charge is 2.42. The van der Waals surface area contributed by atoms with Gasteiger partial charge in [-0.25, -0.2) is 4.79 Å². The first-order valence-corrected chi connectivity index (χ1v) is 16.6. The maximum atomic E-state index is 12.1. The Kier molecular flexibility index (Phi) is 7.70. The summed E-state index contributed by atoms with van der Waals surface area (Å²) in [5.74, 6) is -0.458. The zero-order valence-electron chi connectivity index (χ0n) is 15.5. The van der Waals surface area contributed by atoms with Crippen molar-refractivity contribution in [1.82, 2.24) is 0 Å². The predicted octanol–water partition coefficient (Wildman–Crippen LogP) is 4.52. The highest BCUT2D eigenvalue weighted by atomic mass is 32.5. The van der Waals surface area contributed by atoms with Crippen molar-refractivity contribution in [2.45, 2.75) is 66.2 Å². The standard InChI is InChI=1S/C13H31O5PSSi2/c1-13(2,3)11(12(14)15-4)16-19(20,17-21(5,6)7)18-22(8,9)10/h11H,1-10H3. The van der Waals surface area contributed by atoms with Gasteiger partial charge in [-0.2, -0.15) is 0 Å². The van der Waals surface area contributed by atoms with Gasteiger partial charge in [-0.1, -0.05) is 20.8 Å². The molecule has 0 N–H and O–H groups in total. The van der Waals surface area contributed by atoms with Gasteiger partial charge in [-0.3, -0.25) is 4.52 Å². The van der Waals surface area contributed by atoms with E-state index < -0.39 is 40.8 Å². The largest absolute Gasteiger partial charge is 0.467 e. The summed E-state index contributed by atoms with van der Waals surface area (Å²) >= 11 is 5.62. The third-order valence-electron chi connectivity index (χ3n) is 2.21. The molecular formula is C13H31O5PSSi2. The number of methoxy groups -OCH3 is 1. The molecule has 0 aliphatic heterocycles. The van der Waals surface area contributed by atoms with Gasteiger partial charge in [-0.05, 0) is 56.5 Å². The second-order valence-electron chi connectivity index (χ2n) is 8.23. The monoisotopic (exact) mass is 386 g/mol. The quantitative estimate of drug-likeness (QED) is 0.364. The van der Waals surface area contributed by atoms with Crippen molar-refractivity contribution >= 4 is 41.1 Å². The average Bonchev–Trinajstić information content (AvgIpc) is 2.17. The molecule has 5 nitrogen and oxygen atoms in total. The lowest BCUT2D eigenvalue weighted by molar-refractivity contribution is -0.154. The molecular weight excluding hydrogens is 355 g/mol. The summed E-state index contributed by atoms with van der Waals surface area (Å²) in [6.07, 6.45) is -0.823. The van der Waals surface area contributed by atoms with Crippen molar-refractivity contribution in [3.05, 3.63) is 0 Å². The van der Waals surface area contributed by atoms with Crippen molar-refractivity contribution in [2.75, 3.05) is 7.11 Å². The van der Waals surface area contributed by atoms with E-state index in [0.29, 0.717) is 0 Å². The highest BCUT2D eigenvalue weighted by molar-refractivity contribution is 8.08. The maximum Gasteiger partial charge on any atom is 0.336 e. The van der Waals surface area contributed by atoms with Crippen molar-refractivity contribution in [3.8, 4) is 0 Å². The van der Waals surface area contributed by atoms with E-state index in [4.69, 9.17) is 29.5 Å². The van der Waals surface area contributed by atoms with Gasteiger partial charge in [0.25, 0.3) is 0 Å². The number of rotatable bonds is 7. The summed E-state index contributed by atoms with van der Waals surface area (Å²) in [4.78, 5) is 12.1. The second kappa shape index (κ2) is 7.55. The van der Waals surface area contributed by atoms with Crippen LogP contribution in [0.4, 0.5) is 0 Å². The summed E-state index contributed by atoms with van der Waals surface area (Å²) < 4.78 is 23.0. The Morgan fingerprint density at radius 1 is 1.00 bits per heavy atom. The first kappa shape index (κ1) is 22.4. The van der Waals surface area contributed by atoms with E-state index in [-0.39, 0.29) is 0 Å². The lowest BCUT2D eigenvalue weighted by Gasteiger charge is -2.38. The van der Waals surface area contributed by atoms with Crippen LogP contribution >= 0.6 is 6.72 Å². The van der Waals surface area contributed by atoms with Crippen molar-refractivity contribution in [1.29, 1.82) is 0 Å². The maximum absolute atomic E-state index is 12.1. The summed E-state index contributed by atoms with van der Waals surface area (Å²) in [6.45, 7) is 14.8. The van der Waals surface area contributed by atoms with E-state index in [9.17, 15) is 4.79 Å². The molecule has 0 aromatic heterocycles. The van der Waals surface area contributed by atoms with Crippen molar-refractivity contribution in [2.24, 2.45) is 5.41 Å². The molecule has 0 saturated heterocycles. The van der Waals surface area contributed by atoms with Gasteiger partial charge in [0.1, 0.15) is 0 Å². The lowest BCUT2D eigenvalue weighted by atomic mass is 9.89. The Labute approximate surface area is 142 Å². The summed E-state index contributed by atoms with van der Waals surface area (Å²) in [5.41, 5.74) is -0.469. The smallest absolute Gasteiger partial charge is 0.336 e. The van der Waals surface area contributed by atoms with E-state index in [2.05, 4.69) is 0 Å². The van der Waals surface area contributed by atoms with Gasteiger partial charge in [-0.15, -0.1) is 0 Å². The number of carbonyl (C=O) groups is 1. The van der Waals surface area contributed by atoms with Crippen LogP contribution < -0.4 is 0 Å². The molecule has 0 amide bonds. The minimum Gasteiger partial charge on any atom is -0.467 e. The molecule has 0 aromatic rings. The van der Waals surface area contributed by atoms with E-state index in [1.807, 2.05) is 60.1 Å². The number of hydrogen-bond donors (Lipinski definition) is 0. The molecule has 0 aliphatic carbocycles. The molecule has 1 unspecified atom stereocenters. The van der Waals surface area contributed by atoms with Crippen LogP contribution in [0.15, 0.2) is 0 Å². The normalized spacial score (nSPS) is 15.5. The molecule has 1 atom stereocenters. The molecule has 0 saturated carbocycles. The summed E-state index contributed by atoms with van der Waals surface area (Å²) in [6, 6.07) is 0. The predicted molar refractivity (Wildman–Crippen MR) is 99.5 cm³/mol. The van der Waals surface area contributed by atoms with Crippen molar-refractivity contribution < 1.29 is 22.5 Å². The zero-order valence-corrected chi connectivity index (χ0v) is 19.2. The SMILES string of the molecule is COC(=O)C(OP(=S)(O[Si](C)(C)C)O[Si](C)(C)C)C(C)(C)C. The average molecular weight is 387 g/mol. The molecule has 0 rings (SSSR count). The molecule has 0 aromatic carbocycles. The third-order valence-corrected chi connectivity index (χ3v) is 10.4. The molecule has 0 spiro atoms. The van der Waals surface area contributed by atoms with Gasteiger partial charge < -0.3 is 13.2 Å². The molecule has 9 heteroatoms. The summed E-state index contributed by atoms with van der Waals surface area (Å²) in [7, 11) is -2.66. The van der Waals surface area contributed by atoms with Gasteiger partial charge in [0.15, 0.2) is 22.7 Å². The van der Waals surface area contributed by atoms with Crippen LogP contribution in [-0.4, -0.2) is 35.8 Å². The fraction of sp³-hybridized carbons (Fsp3) is 0.923. The van der Waals surface area contributed by atoms with E-state index >= 15 is 0 Å². The molecule has 0 fully saturated rings. The fourth-order valence-corrected chi connectivity index (χ4v) is 12.7. The van der Waals surface area contributed by atoms with E-state index in [1.54, 1.807) is 0 Å². The number of carbonyl (C=O) groups excluding carboxylic acids is 1. The first-order chi connectivity index (χ1) is 9.49. The minimum absolute atomic E-state index is 0.458. The number of hydrogen-bond acceptors (Lipinski definition) is 6. The van der Waals surface area contributed by atoms with Crippen LogP contribution in [-0.2, 0) is 34.3 Å². The molecule has 0 aliphatic rings. The van der Waals surface area contributed by atoms with E-state index in [0.717, 1.165) is 0 Å². The Morgan fingerprint density at radius 3 is 1.59 bits per heavy atom. The molecule has 132 valence electrons. The molecule has 22 heavy (non-hydrogen) atoms. The second-order valence-corrected chi connectivity index (χ2v) is 20.6. The van der Waals surface area contributed by atoms with Crippen LogP contribution in [0, 0.1) is 5.41 Å². The third kappa shape index (κ3) is 8.91. The Hall–Kier alpha value is 0.434. The van der Waals surface area contributed by atoms with Crippen LogP contribution in [0.1, 0.15) is 20.8 Å². The topological polar surface area (TPSA) is 54.0 Å². The minimum atomic E-state index is -3.03. The van der Waals surface area contributed by atoms with Gasteiger partial charge in [0, 0.05) is 0 Å². The van der Waals surface area contributed by atoms with Crippen LogP contribution in [0.25, 0.3) is 0 Å². The van der Waals surface area contributed by atoms with Crippen LogP contribution in [0.5, 0.6) is 0 Å². The number of ether oxygens (including phenoxy) is 1. The first-order valence-electron chi connectivity index (χ1n) is 7.27. The van der Waals surface area contributed by atoms with E-state index in [1.165, 1.54) is 7.11 Å². The van der Waals surface area contributed by atoms with Gasteiger partial charge in [0.2, 0.25) is 0 Å². The Morgan fingerprint density at radius 2 is 1.36 bits per heavy atom. The Bertz CT molecular complexity index is 417.